The number of hydrogen-bond donors (Lipinski definition) is 1. The minimum absolute atomic E-state index is 0.287. The van der Waals surface area contributed by atoms with E-state index in [2.05, 4.69) is 20.9 Å². The lowest BCUT2D eigenvalue weighted by molar-refractivity contribution is 0.842. The third-order valence-electron chi connectivity index (χ3n) is 1.87. The van der Waals surface area contributed by atoms with Gasteiger partial charge in [-0.1, -0.05) is 28.1 Å². The molecule has 0 radical (unpaired) electrons. The Morgan fingerprint density at radius 3 is 2.40 bits per heavy atom. The van der Waals surface area contributed by atoms with E-state index in [9.17, 15) is 0 Å². The highest BCUT2D eigenvalue weighted by molar-refractivity contribution is 9.10. The predicted octanol–water partition coefficient (Wildman–Crippen LogP) is 3.23. The fourth-order valence-electron chi connectivity index (χ4n) is 1.09. The summed E-state index contributed by atoms with van der Waals surface area (Å²) in [5.41, 5.74) is 7.58. The molecule has 2 N–H and O–H groups in total. The molecule has 0 fully saturated rings. The zero-order chi connectivity index (χ0) is 11.3. The largest absolute Gasteiger partial charge is 0.404 e. The normalized spacial score (nSPS) is 12.7. The van der Waals surface area contributed by atoms with Gasteiger partial charge in [0.1, 0.15) is 0 Å². The fourth-order valence-corrected chi connectivity index (χ4v) is 1.35. The molecule has 0 unspecified atom stereocenters. The van der Waals surface area contributed by atoms with E-state index in [1.807, 2.05) is 44.3 Å². The molecule has 3 heteroatoms. The van der Waals surface area contributed by atoms with Crippen LogP contribution in [0.25, 0.3) is 5.57 Å². The summed E-state index contributed by atoms with van der Waals surface area (Å²) in [6, 6.07) is 8.28. The van der Waals surface area contributed by atoms with Crippen molar-refractivity contribution in [3.63, 3.8) is 0 Å². The van der Waals surface area contributed by atoms with Crippen LogP contribution in [0.15, 0.2) is 39.9 Å². The summed E-state index contributed by atoms with van der Waals surface area (Å²) in [4.78, 5) is 4.31. The zero-order valence-electron chi connectivity index (χ0n) is 8.94. The molecular formula is C12H15BrN2. The molecule has 0 heterocycles. The molecule has 0 amide bonds. The molecule has 1 aromatic carbocycles. The van der Waals surface area contributed by atoms with Gasteiger partial charge in [-0.15, -0.1) is 0 Å². The summed E-state index contributed by atoms with van der Waals surface area (Å²) in [6.45, 7) is 4.07. The van der Waals surface area contributed by atoms with Gasteiger partial charge in [0.05, 0.1) is 0 Å². The van der Waals surface area contributed by atoms with Crippen LogP contribution in [-0.2, 0) is 0 Å². The summed E-state index contributed by atoms with van der Waals surface area (Å²) in [7, 11) is 0. The Labute approximate surface area is 99.0 Å². The maximum Gasteiger partial charge on any atom is 0.0443 e. The highest BCUT2D eigenvalue weighted by atomic mass is 79.9. The molecule has 1 aromatic rings. The smallest absolute Gasteiger partial charge is 0.0443 e. The molecule has 80 valence electrons. The number of benzene rings is 1. The van der Waals surface area contributed by atoms with E-state index in [-0.39, 0.29) is 6.04 Å². The van der Waals surface area contributed by atoms with Gasteiger partial charge in [0, 0.05) is 28.5 Å². The van der Waals surface area contributed by atoms with Gasteiger partial charge < -0.3 is 5.73 Å². The zero-order valence-corrected chi connectivity index (χ0v) is 10.5. The molecule has 1 rings (SSSR count). The van der Waals surface area contributed by atoms with E-state index in [1.165, 1.54) is 0 Å². The van der Waals surface area contributed by atoms with Gasteiger partial charge in [-0.2, -0.15) is 0 Å². The van der Waals surface area contributed by atoms with Crippen molar-refractivity contribution in [2.24, 2.45) is 10.7 Å². The van der Waals surface area contributed by atoms with E-state index in [1.54, 1.807) is 6.20 Å². The lowest BCUT2D eigenvalue weighted by atomic mass is 10.1. The second-order valence-corrected chi connectivity index (χ2v) is 4.42. The molecule has 0 bridgehead atoms. The van der Waals surface area contributed by atoms with E-state index >= 15 is 0 Å². The third kappa shape index (κ3) is 3.88. The minimum Gasteiger partial charge on any atom is -0.404 e. The average Bonchev–Trinajstić information content (AvgIpc) is 2.21. The maximum atomic E-state index is 5.56. The van der Waals surface area contributed by atoms with E-state index in [0.717, 1.165) is 15.6 Å². The standard InChI is InChI=1S/C12H15BrN2/c1-9(2)15-8-11(7-14)10-3-5-12(13)6-4-10/h3-9H,14H2,1-2H3/b11-7+,15-8?. The van der Waals surface area contributed by atoms with Crippen molar-refractivity contribution in [1.29, 1.82) is 0 Å². The van der Waals surface area contributed by atoms with Crippen LogP contribution in [0.4, 0.5) is 0 Å². The van der Waals surface area contributed by atoms with Crippen molar-refractivity contribution in [3.8, 4) is 0 Å². The number of allylic oxidation sites excluding steroid dienone is 1. The first-order chi connectivity index (χ1) is 7.13. The van der Waals surface area contributed by atoms with Crippen LogP contribution in [0.5, 0.6) is 0 Å². The van der Waals surface area contributed by atoms with Gasteiger partial charge in [0.15, 0.2) is 0 Å². The van der Waals surface area contributed by atoms with Crippen LogP contribution >= 0.6 is 15.9 Å². The highest BCUT2D eigenvalue weighted by Crippen LogP contribution is 2.16. The van der Waals surface area contributed by atoms with Gasteiger partial charge in [-0.25, -0.2) is 0 Å². The fraction of sp³-hybridized carbons (Fsp3) is 0.250. The number of halogens is 1. The minimum atomic E-state index is 0.287. The summed E-state index contributed by atoms with van der Waals surface area (Å²) >= 11 is 3.39. The summed E-state index contributed by atoms with van der Waals surface area (Å²) < 4.78 is 1.06. The van der Waals surface area contributed by atoms with Crippen LogP contribution in [0.1, 0.15) is 19.4 Å². The highest BCUT2D eigenvalue weighted by Gasteiger charge is 1.98. The Morgan fingerprint density at radius 2 is 1.93 bits per heavy atom. The van der Waals surface area contributed by atoms with Crippen LogP contribution in [0.2, 0.25) is 0 Å². The van der Waals surface area contributed by atoms with Crippen LogP contribution < -0.4 is 5.73 Å². The van der Waals surface area contributed by atoms with E-state index < -0.39 is 0 Å². The number of nitrogens with zero attached hydrogens (tertiary/aromatic N) is 1. The quantitative estimate of drug-likeness (QED) is 0.839. The van der Waals surface area contributed by atoms with Crippen molar-refractivity contribution in [2.45, 2.75) is 19.9 Å². The second-order valence-electron chi connectivity index (χ2n) is 3.50. The Balaban J connectivity index is 2.89. The third-order valence-corrected chi connectivity index (χ3v) is 2.40. The number of nitrogens with two attached hydrogens (primary N) is 1. The van der Waals surface area contributed by atoms with Crippen LogP contribution in [-0.4, -0.2) is 12.3 Å². The van der Waals surface area contributed by atoms with E-state index in [4.69, 9.17) is 5.73 Å². The van der Waals surface area contributed by atoms with Crippen LogP contribution in [0.3, 0.4) is 0 Å². The molecule has 0 aliphatic heterocycles. The Morgan fingerprint density at radius 1 is 1.33 bits per heavy atom. The monoisotopic (exact) mass is 266 g/mol. The lowest BCUT2D eigenvalue weighted by Gasteiger charge is -2.02. The first-order valence-electron chi connectivity index (χ1n) is 4.84. The summed E-state index contributed by atoms with van der Waals surface area (Å²) in [6.07, 6.45) is 3.39. The Bertz CT molecular complexity index is 364. The van der Waals surface area contributed by atoms with Crippen molar-refractivity contribution in [2.75, 3.05) is 0 Å². The van der Waals surface area contributed by atoms with Crippen molar-refractivity contribution in [3.05, 3.63) is 40.5 Å². The topological polar surface area (TPSA) is 38.4 Å². The lowest BCUT2D eigenvalue weighted by Crippen LogP contribution is -1.94. The molecular weight excluding hydrogens is 252 g/mol. The van der Waals surface area contributed by atoms with Gasteiger partial charge in [0.2, 0.25) is 0 Å². The average molecular weight is 267 g/mol. The molecule has 0 aromatic heterocycles. The summed E-state index contributed by atoms with van der Waals surface area (Å²) in [5.74, 6) is 0. The molecule has 0 aliphatic rings. The van der Waals surface area contributed by atoms with Crippen molar-refractivity contribution < 1.29 is 0 Å². The molecule has 15 heavy (non-hydrogen) atoms. The number of rotatable bonds is 3. The van der Waals surface area contributed by atoms with E-state index in [0.29, 0.717) is 0 Å². The predicted molar refractivity (Wildman–Crippen MR) is 69.9 cm³/mol. The molecule has 2 nitrogen and oxygen atoms in total. The molecule has 0 saturated carbocycles. The number of aliphatic imine (C=N–C) groups is 1. The first-order valence-corrected chi connectivity index (χ1v) is 5.64. The first kappa shape index (κ1) is 12.0. The molecule has 0 atom stereocenters. The van der Waals surface area contributed by atoms with Crippen molar-refractivity contribution in [1.82, 2.24) is 0 Å². The summed E-state index contributed by atoms with van der Waals surface area (Å²) in [5, 5.41) is 0. The van der Waals surface area contributed by atoms with Gasteiger partial charge >= 0.3 is 0 Å². The van der Waals surface area contributed by atoms with Gasteiger partial charge in [0.25, 0.3) is 0 Å². The molecule has 0 spiro atoms. The van der Waals surface area contributed by atoms with Crippen LogP contribution in [0, 0.1) is 0 Å². The van der Waals surface area contributed by atoms with Crippen molar-refractivity contribution >= 4 is 27.7 Å². The Kier molecular flexibility index (Phi) is 4.56. The maximum absolute atomic E-state index is 5.56. The molecule has 0 aliphatic carbocycles. The van der Waals surface area contributed by atoms with Gasteiger partial charge in [-0.05, 0) is 31.5 Å². The van der Waals surface area contributed by atoms with Gasteiger partial charge in [-0.3, -0.25) is 4.99 Å². The SMILES string of the molecule is CC(C)N=C/C(=C\N)c1ccc(Br)cc1. The molecule has 0 saturated heterocycles. The Hall–Kier alpha value is -1.09. The number of hydrogen-bond acceptors (Lipinski definition) is 2. The second kappa shape index (κ2) is 5.71.